The van der Waals surface area contributed by atoms with E-state index in [0.29, 0.717) is 18.5 Å². The predicted octanol–water partition coefficient (Wildman–Crippen LogP) is 2.96. The fourth-order valence-electron chi connectivity index (χ4n) is 2.69. The molecule has 2 N–H and O–H groups in total. The molecule has 1 aliphatic carbocycles. The van der Waals surface area contributed by atoms with Gasteiger partial charge in [0.1, 0.15) is 5.82 Å². The molecular weight excluding hydrogens is 261 g/mol. The number of carbonyl (C=O) groups is 2. The molecule has 0 saturated heterocycles. The van der Waals surface area contributed by atoms with E-state index in [1.807, 2.05) is 0 Å². The standard InChI is InChI=1S/C15H18FNO3/c1-9-6-7-10(16)8-13(9)17-14(18)11-4-2-3-5-12(11)15(19)20/h6-8,11-12H,2-5H2,1H3,(H,17,18)(H,19,20)/t11-,12-/m1/s1. The zero-order valence-corrected chi connectivity index (χ0v) is 11.4. The Morgan fingerprint density at radius 1 is 1.25 bits per heavy atom. The summed E-state index contributed by atoms with van der Waals surface area (Å²) in [4.78, 5) is 23.5. The van der Waals surface area contributed by atoms with Crippen molar-refractivity contribution in [1.29, 1.82) is 0 Å². The van der Waals surface area contributed by atoms with Gasteiger partial charge in [-0.2, -0.15) is 0 Å². The molecule has 0 spiro atoms. The van der Waals surface area contributed by atoms with Gasteiger partial charge < -0.3 is 10.4 Å². The van der Waals surface area contributed by atoms with Crippen molar-refractivity contribution >= 4 is 17.6 Å². The van der Waals surface area contributed by atoms with Gasteiger partial charge in [-0.05, 0) is 37.5 Å². The number of carbonyl (C=O) groups excluding carboxylic acids is 1. The second-order valence-corrected chi connectivity index (χ2v) is 5.28. The van der Waals surface area contributed by atoms with E-state index < -0.39 is 23.6 Å². The average molecular weight is 279 g/mol. The first-order chi connectivity index (χ1) is 9.49. The normalized spacial score (nSPS) is 22.3. The molecule has 1 aliphatic rings. The average Bonchev–Trinajstić information content (AvgIpc) is 2.42. The van der Waals surface area contributed by atoms with Gasteiger partial charge in [0.2, 0.25) is 5.91 Å². The molecule has 20 heavy (non-hydrogen) atoms. The third-order valence-electron chi connectivity index (χ3n) is 3.88. The van der Waals surface area contributed by atoms with E-state index in [0.717, 1.165) is 18.4 Å². The summed E-state index contributed by atoms with van der Waals surface area (Å²) in [5.74, 6) is -2.86. The molecule has 0 radical (unpaired) electrons. The Kier molecular flexibility index (Phi) is 4.37. The number of carboxylic acids is 1. The van der Waals surface area contributed by atoms with Crippen molar-refractivity contribution in [3.8, 4) is 0 Å². The smallest absolute Gasteiger partial charge is 0.307 e. The number of hydrogen-bond acceptors (Lipinski definition) is 2. The minimum Gasteiger partial charge on any atom is -0.481 e. The van der Waals surface area contributed by atoms with Gasteiger partial charge in [-0.1, -0.05) is 18.9 Å². The summed E-state index contributed by atoms with van der Waals surface area (Å²) < 4.78 is 13.2. The summed E-state index contributed by atoms with van der Waals surface area (Å²) in [5, 5.41) is 11.8. The maximum Gasteiger partial charge on any atom is 0.307 e. The molecule has 0 heterocycles. The molecule has 108 valence electrons. The summed E-state index contributed by atoms with van der Waals surface area (Å²) in [6.45, 7) is 1.77. The number of halogens is 1. The number of anilines is 1. The lowest BCUT2D eigenvalue weighted by molar-refractivity contribution is -0.147. The number of aliphatic carboxylic acids is 1. The van der Waals surface area contributed by atoms with Crippen molar-refractivity contribution in [1.82, 2.24) is 0 Å². The Bertz CT molecular complexity index is 530. The van der Waals surface area contributed by atoms with Crippen LogP contribution in [0.15, 0.2) is 18.2 Å². The first-order valence-electron chi connectivity index (χ1n) is 6.79. The zero-order chi connectivity index (χ0) is 14.7. The van der Waals surface area contributed by atoms with Crippen LogP contribution in [-0.2, 0) is 9.59 Å². The van der Waals surface area contributed by atoms with E-state index in [9.17, 15) is 19.1 Å². The molecule has 2 atom stereocenters. The van der Waals surface area contributed by atoms with E-state index >= 15 is 0 Å². The van der Waals surface area contributed by atoms with Crippen molar-refractivity contribution in [2.75, 3.05) is 5.32 Å². The lowest BCUT2D eigenvalue weighted by Crippen LogP contribution is -2.36. The van der Waals surface area contributed by atoms with E-state index in [1.165, 1.54) is 12.1 Å². The molecule has 0 unspecified atom stereocenters. The number of amides is 1. The Labute approximate surface area is 117 Å². The lowest BCUT2D eigenvalue weighted by atomic mass is 9.78. The highest BCUT2D eigenvalue weighted by atomic mass is 19.1. The molecule has 1 aromatic rings. The fraction of sp³-hybridized carbons (Fsp3) is 0.467. The Morgan fingerprint density at radius 2 is 1.90 bits per heavy atom. The molecule has 5 heteroatoms. The number of nitrogens with one attached hydrogen (secondary N) is 1. The van der Waals surface area contributed by atoms with E-state index in [2.05, 4.69) is 5.32 Å². The molecule has 1 aromatic carbocycles. The number of benzene rings is 1. The molecular formula is C15H18FNO3. The summed E-state index contributed by atoms with van der Waals surface area (Å²) in [5.41, 5.74) is 1.16. The molecule has 0 bridgehead atoms. The van der Waals surface area contributed by atoms with Crippen LogP contribution in [0.1, 0.15) is 31.2 Å². The fourth-order valence-corrected chi connectivity index (χ4v) is 2.69. The van der Waals surface area contributed by atoms with Gasteiger partial charge in [-0.25, -0.2) is 4.39 Å². The second kappa shape index (κ2) is 6.03. The Balaban J connectivity index is 2.14. The molecule has 0 aliphatic heterocycles. The number of aryl methyl sites for hydroxylation is 1. The zero-order valence-electron chi connectivity index (χ0n) is 11.4. The minimum absolute atomic E-state index is 0.328. The van der Waals surface area contributed by atoms with E-state index in [1.54, 1.807) is 13.0 Å². The van der Waals surface area contributed by atoms with Crippen LogP contribution in [0.4, 0.5) is 10.1 Å². The van der Waals surface area contributed by atoms with Crippen molar-refractivity contribution in [3.63, 3.8) is 0 Å². The maximum atomic E-state index is 13.2. The third-order valence-corrected chi connectivity index (χ3v) is 3.88. The number of rotatable bonds is 3. The van der Waals surface area contributed by atoms with Gasteiger partial charge in [0.25, 0.3) is 0 Å². The molecule has 1 amide bonds. The molecule has 4 nitrogen and oxygen atoms in total. The van der Waals surface area contributed by atoms with Gasteiger partial charge in [-0.15, -0.1) is 0 Å². The predicted molar refractivity (Wildman–Crippen MR) is 72.9 cm³/mol. The summed E-state index contributed by atoms with van der Waals surface area (Å²) in [6.07, 6.45) is 2.77. The first kappa shape index (κ1) is 14.5. The highest BCUT2D eigenvalue weighted by Gasteiger charge is 2.35. The van der Waals surface area contributed by atoms with Gasteiger partial charge >= 0.3 is 5.97 Å². The summed E-state index contributed by atoms with van der Waals surface area (Å²) >= 11 is 0. The van der Waals surface area contributed by atoms with Crippen molar-refractivity contribution in [3.05, 3.63) is 29.6 Å². The van der Waals surface area contributed by atoms with E-state index in [-0.39, 0.29) is 5.91 Å². The quantitative estimate of drug-likeness (QED) is 0.894. The minimum atomic E-state index is -0.930. The maximum absolute atomic E-state index is 13.2. The largest absolute Gasteiger partial charge is 0.481 e. The van der Waals surface area contributed by atoms with Gasteiger partial charge in [-0.3, -0.25) is 9.59 Å². The summed E-state index contributed by atoms with van der Waals surface area (Å²) in [7, 11) is 0. The monoisotopic (exact) mass is 279 g/mol. The highest BCUT2D eigenvalue weighted by molar-refractivity contribution is 5.95. The van der Waals surface area contributed by atoms with Crippen LogP contribution in [0.3, 0.4) is 0 Å². The first-order valence-corrected chi connectivity index (χ1v) is 6.79. The van der Waals surface area contributed by atoms with Crippen molar-refractivity contribution in [2.24, 2.45) is 11.8 Å². The highest BCUT2D eigenvalue weighted by Crippen LogP contribution is 2.31. The van der Waals surface area contributed by atoms with Crippen LogP contribution in [-0.4, -0.2) is 17.0 Å². The van der Waals surface area contributed by atoms with Gasteiger partial charge in [0, 0.05) is 5.69 Å². The van der Waals surface area contributed by atoms with Crippen LogP contribution in [0.2, 0.25) is 0 Å². The SMILES string of the molecule is Cc1ccc(F)cc1NC(=O)[C@@H]1CCCC[C@H]1C(=O)O. The molecule has 0 aromatic heterocycles. The number of hydrogen-bond donors (Lipinski definition) is 2. The van der Waals surface area contributed by atoms with Crippen LogP contribution >= 0.6 is 0 Å². The Morgan fingerprint density at radius 3 is 2.55 bits per heavy atom. The second-order valence-electron chi connectivity index (χ2n) is 5.28. The molecule has 1 saturated carbocycles. The van der Waals surface area contributed by atoms with Crippen LogP contribution in [0, 0.1) is 24.6 Å². The van der Waals surface area contributed by atoms with Crippen LogP contribution in [0.5, 0.6) is 0 Å². The lowest BCUT2D eigenvalue weighted by Gasteiger charge is -2.27. The van der Waals surface area contributed by atoms with Crippen LogP contribution in [0.25, 0.3) is 0 Å². The van der Waals surface area contributed by atoms with E-state index in [4.69, 9.17) is 0 Å². The summed E-state index contributed by atoms with van der Waals surface area (Å²) in [6, 6.07) is 4.16. The number of carboxylic acid groups (broad SMARTS) is 1. The van der Waals surface area contributed by atoms with Gasteiger partial charge in [0.15, 0.2) is 0 Å². The van der Waals surface area contributed by atoms with Crippen molar-refractivity contribution < 1.29 is 19.1 Å². The Hall–Kier alpha value is -1.91. The van der Waals surface area contributed by atoms with Gasteiger partial charge in [0.05, 0.1) is 11.8 Å². The van der Waals surface area contributed by atoms with Crippen LogP contribution < -0.4 is 5.32 Å². The third kappa shape index (κ3) is 3.15. The molecule has 2 rings (SSSR count). The molecule has 1 fully saturated rings. The topological polar surface area (TPSA) is 66.4 Å². The van der Waals surface area contributed by atoms with Crippen molar-refractivity contribution in [2.45, 2.75) is 32.6 Å².